The van der Waals surface area contributed by atoms with Gasteiger partial charge in [0, 0.05) is 6.04 Å². The summed E-state index contributed by atoms with van der Waals surface area (Å²) in [4.78, 5) is 12.2. The number of carbonyl (C=O) groups excluding carboxylic acids is 1. The van der Waals surface area contributed by atoms with Crippen LogP contribution in [0.4, 0.5) is 5.69 Å². The number of carbonyl (C=O) groups is 1. The lowest BCUT2D eigenvalue weighted by Gasteiger charge is -2.27. The molecule has 1 aliphatic carbocycles. The molecule has 1 aromatic rings. The number of para-hydroxylation sites is 2. The fraction of sp³-hybridized carbons (Fsp3) is 0.588. The number of rotatable bonds is 3. The molecule has 0 saturated heterocycles. The Morgan fingerprint density at radius 1 is 1.19 bits per heavy atom. The number of benzene rings is 1. The molecule has 0 bridgehead atoms. The van der Waals surface area contributed by atoms with Gasteiger partial charge in [0.2, 0.25) is 5.91 Å². The number of fused-ring (bicyclic) bond motifs is 1. The largest absolute Gasteiger partial charge is 0.489 e. The first kappa shape index (κ1) is 14.2. The van der Waals surface area contributed by atoms with E-state index in [-0.39, 0.29) is 11.9 Å². The van der Waals surface area contributed by atoms with E-state index in [1.165, 1.54) is 25.7 Å². The SMILES string of the molecule is O=C(CC1COc2ccccc2N1)NC1CCCCCC1. The van der Waals surface area contributed by atoms with E-state index in [2.05, 4.69) is 10.6 Å². The fourth-order valence-electron chi connectivity index (χ4n) is 3.21. The Balaban J connectivity index is 1.49. The highest BCUT2D eigenvalue weighted by atomic mass is 16.5. The van der Waals surface area contributed by atoms with Crippen molar-refractivity contribution >= 4 is 11.6 Å². The summed E-state index contributed by atoms with van der Waals surface area (Å²) in [5.74, 6) is 1.01. The van der Waals surface area contributed by atoms with E-state index in [1.807, 2.05) is 24.3 Å². The van der Waals surface area contributed by atoms with Crippen molar-refractivity contribution in [3.8, 4) is 5.75 Å². The first-order chi connectivity index (χ1) is 10.3. The summed E-state index contributed by atoms with van der Waals surface area (Å²) in [5, 5.41) is 6.59. The van der Waals surface area contributed by atoms with Crippen molar-refractivity contribution in [2.24, 2.45) is 0 Å². The molecule has 0 aromatic heterocycles. The van der Waals surface area contributed by atoms with Gasteiger partial charge in [-0.1, -0.05) is 37.8 Å². The van der Waals surface area contributed by atoms with E-state index in [1.54, 1.807) is 0 Å². The Kier molecular flexibility index (Phi) is 4.63. The Morgan fingerprint density at radius 2 is 1.95 bits per heavy atom. The molecule has 4 nitrogen and oxygen atoms in total. The molecule has 1 saturated carbocycles. The topological polar surface area (TPSA) is 50.4 Å². The van der Waals surface area contributed by atoms with E-state index < -0.39 is 0 Å². The van der Waals surface area contributed by atoms with Crippen LogP contribution < -0.4 is 15.4 Å². The van der Waals surface area contributed by atoms with Crippen LogP contribution in [0.5, 0.6) is 5.75 Å². The van der Waals surface area contributed by atoms with E-state index in [0.29, 0.717) is 19.1 Å². The molecule has 0 radical (unpaired) electrons. The van der Waals surface area contributed by atoms with Gasteiger partial charge in [-0.15, -0.1) is 0 Å². The molecule has 1 aromatic carbocycles. The van der Waals surface area contributed by atoms with Crippen molar-refractivity contribution in [1.82, 2.24) is 5.32 Å². The summed E-state index contributed by atoms with van der Waals surface area (Å²) in [6.45, 7) is 0.551. The van der Waals surface area contributed by atoms with Gasteiger partial charge in [-0.2, -0.15) is 0 Å². The number of hydrogen-bond acceptors (Lipinski definition) is 3. The highest BCUT2D eigenvalue weighted by molar-refractivity contribution is 5.77. The molecule has 1 atom stereocenters. The van der Waals surface area contributed by atoms with Crippen molar-refractivity contribution in [3.63, 3.8) is 0 Å². The lowest BCUT2D eigenvalue weighted by molar-refractivity contribution is -0.122. The third-order valence-corrected chi connectivity index (χ3v) is 4.34. The molecule has 2 N–H and O–H groups in total. The molecule has 1 amide bonds. The average molecular weight is 288 g/mol. The summed E-state index contributed by atoms with van der Waals surface area (Å²) in [5.41, 5.74) is 0.982. The molecule has 4 heteroatoms. The molecule has 21 heavy (non-hydrogen) atoms. The average Bonchev–Trinajstić information content (AvgIpc) is 2.75. The molecule has 3 rings (SSSR count). The summed E-state index contributed by atoms with van der Waals surface area (Å²) < 4.78 is 5.70. The number of anilines is 1. The van der Waals surface area contributed by atoms with E-state index in [4.69, 9.17) is 4.74 Å². The molecule has 1 fully saturated rings. The second-order valence-corrected chi connectivity index (χ2v) is 6.11. The van der Waals surface area contributed by atoms with Gasteiger partial charge in [-0.3, -0.25) is 4.79 Å². The predicted octanol–water partition coefficient (Wildman–Crippen LogP) is 3.09. The Bertz CT molecular complexity index is 481. The third-order valence-electron chi connectivity index (χ3n) is 4.34. The smallest absolute Gasteiger partial charge is 0.222 e. The van der Waals surface area contributed by atoms with Crippen LogP contribution in [0, 0.1) is 0 Å². The van der Waals surface area contributed by atoms with Crippen molar-refractivity contribution in [2.75, 3.05) is 11.9 Å². The van der Waals surface area contributed by atoms with Gasteiger partial charge < -0.3 is 15.4 Å². The standard InChI is InChI=1S/C17H24N2O2/c20-17(19-13-7-3-1-2-4-8-13)11-14-12-21-16-10-6-5-9-15(16)18-14/h5-6,9-10,13-14,18H,1-4,7-8,11-12H2,(H,19,20). The van der Waals surface area contributed by atoms with Crippen LogP contribution in [-0.4, -0.2) is 24.6 Å². The van der Waals surface area contributed by atoms with Gasteiger partial charge in [0.1, 0.15) is 12.4 Å². The van der Waals surface area contributed by atoms with Crippen LogP contribution in [0.25, 0.3) is 0 Å². The fourth-order valence-corrected chi connectivity index (χ4v) is 3.21. The zero-order chi connectivity index (χ0) is 14.5. The minimum Gasteiger partial charge on any atom is -0.489 e. The van der Waals surface area contributed by atoms with Crippen LogP contribution >= 0.6 is 0 Å². The summed E-state index contributed by atoms with van der Waals surface area (Å²) in [6.07, 6.45) is 7.83. The predicted molar refractivity (Wildman–Crippen MR) is 83.6 cm³/mol. The summed E-state index contributed by atoms with van der Waals surface area (Å²) in [6, 6.07) is 8.31. The second-order valence-electron chi connectivity index (χ2n) is 6.11. The van der Waals surface area contributed by atoms with E-state index in [0.717, 1.165) is 24.3 Å². The maximum atomic E-state index is 12.2. The number of nitrogens with one attached hydrogen (secondary N) is 2. The summed E-state index contributed by atoms with van der Waals surface area (Å²) in [7, 11) is 0. The Labute approximate surface area is 126 Å². The van der Waals surface area contributed by atoms with Crippen LogP contribution in [0.2, 0.25) is 0 Å². The van der Waals surface area contributed by atoms with Gasteiger partial charge >= 0.3 is 0 Å². The van der Waals surface area contributed by atoms with Gasteiger partial charge in [-0.05, 0) is 25.0 Å². The third kappa shape index (κ3) is 3.90. The molecule has 114 valence electrons. The minimum absolute atomic E-state index is 0.0608. The Morgan fingerprint density at radius 3 is 2.76 bits per heavy atom. The number of amides is 1. The van der Waals surface area contributed by atoms with Crippen molar-refractivity contribution in [2.45, 2.75) is 57.0 Å². The maximum Gasteiger partial charge on any atom is 0.222 e. The lowest BCUT2D eigenvalue weighted by Crippen LogP contribution is -2.40. The van der Waals surface area contributed by atoms with Crippen LogP contribution in [-0.2, 0) is 4.79 Å². The molecule has 2 aliphatic rings. The van der Waals surface area contributed by atoms with Crippen molar-refractivity contribution in [3.05, 3.63) is 24.3 Å². The number of hydrogen-bond donors (Lipinski definition) is 2. The molecule has 0 spiro atoms. The molecule has 1 aliphatic heterocycles. The molecule has 1 heterocycles. The van der Waals surface area contributed by atoms with Crippen LogP contribution in [0.3, 0.4) is 0 Å². The van der Waals surface area contributed by atoms with E-state index in [9.17, 15) is 4.79 Å². The maximum absolute atomic E-state index is 12.2. The molecular formula is C17H24N2O2. The summed E-state index contributed by atoms with van der Waals surface area (Å²) >= 11 is 0. The van der Waals surface area contributed by atoms with E-state index >= 15 is 0 Å². The molecule has 1 unspecified atom stereocenters. The molecular weight excluding hydrogens is 264 g/mol. The first-order valence-corrected chi connectivity index (χ1v) is 8.09. The highest BCUT2D eigenvalue weighted by Crippen LogP contribution is 2.28. The van der Waals surface area contributed by atoms with Crippen LogP contribution in [0.15, 0.2) is 24.3 Å². The van der Waals surface area contributed by atoms with Crippen molar-refractivity contribution in [1.29, 1.82) is 0 Å². The normalized spacial score (nSPS) is 22.4. The highest BCUT2D eigenvalue weighted by Gasteiger charge is 2.22. The lowest BCUT2D eigenvalue weighted by atomic mass is 10.1. The Hall–Kier alpha value is -1.71. The minimum atomic E-state index is 0.0608. The van der Waals surface area contributed by atoms with Gasteiger partial charge in [0.05, 0.1) is 18.2 Å². The van der Waals surface area contributed by atoms with Crippen LogP contribution in [0.1, 0.15) is 44.9 Å². The van der Waals surface area contributed by atoms with Gasteiger partial charge in [-0.25, -0.2) is 0 Å². The monoisotopic (exact) mass is 288 g/mol. The van der Waals surface area contributed by atoms with Gasteiger partial charge in [0.15, 0.2) is 0 Å². The zero-order valence-electron chi connectivity index (χ0n) is 12.4. The van der Waals surface area contributed by atoms with Gasteiger partial charge in [0.25, 0.3) is 0 Å². The zero-order valence-corrected chi connectivity index (χ0v) is 12.4. The number of ether oxygens (including phenoxy) is 1. The van der Waals surface area contributed by atoms with Crippen molar-refractivity contribution < 1.29 is 9.53 Å². The second kappa shape index (κ2) is 6.83. The first-order valence-electron chi connectivity index (χ1n) is 8.09. The quantitative estimate of drug-likeness (QED) is 0.840.